The molecule has 1 heterocycles. The quantitative estimate of drug-likeness (QED) is 0.685. The van der Waals surface area contributed by atoms with Crippen LogP contribution in [0.4, 0.5) is 4.39 Å². The minimum atomic E-state index is -0.415. The van der Waals surface area contributed by atoms with E-state index in [2.05, 4.69) is 10.3 Å². The summed E-state index contributed by atoms with van der Waals surface area (Å²) < 4.78 is 24.5. The molecule has 0 saturated carbocycles. The van der Waals surface area contributed by atoms with Crippen LogP contribution in [0.3, 0.4) is 0 Å². The number of rotatable bonds is 6. The van der Waals surface area contributed by atoms with E-state index in [1.165, 1.54) is 12.1 Å². The number of methoxy groups -OCH3 is 2. The monoisotopic (exact) mass is 382 g/mol. The highest BCUT2D eigenvalue weighted by Crippen LogP contribution is 2.34. The van der Waals surface area contributed by atoms with E-state index < -0.39 is 5.82 Å². The number of halogens is 1. The molecule has 3 aromatic rings. The zero-order valence-electron chi connectivity index (χ0n) is 16.4. The Morgan fingerprint density at radius 3 is 2.57 bits per heavy atom. The van der Waals surface area contributed by atoms with Crippen LogP contribution < -0.4 is 14.8 Å². The van der Waals surface area contributed by atoms with E-state index in [1.807, 2.05) is 19.9 Å². The van der Waals surface area contributed by atoms with E-state index in [0.717, 1.165) is 0 Å². The van der Waals surface area contributed by atoms with Crippen molar-refractivity contribution in [2.45, 2.75) is 13.8 Å². The van der Waals surface area contributed by atoms with Crippen LogP contribution in [0.5, 0.6) is 11.5 Å². The van der Waals surface area contributed by atoms with Crippen molar-refractivity contribution in [1.29, 1.82) is 0 Å². The van der Waals surface area contributed by atoms with Crippen molar-refractivity contribution in [3.63, 3.8) is 0 Å². The fourth-order valence-corrected chi connectivity index (χ4v) is 2.93. The first-order chi connectivity index (χ1) is 13.4. The van der Waals surface area contributed by atoms with Crippen molar-refractivity contribution in [2.75, 3.05) is 20.8 Å². The third kappa shape index (κ3) is 4.06. The van der Waals surface area contributed by atoms with Crippen molar-refractivity contribution in [2.24, 2.45) is 5.92 Å². The van der Waals surface area contributed by atoms with E-state index in [1.54, 1.807) is 38.5 Å². The first kappa shape index (κ1) is 19.6. The Hall–Kier alpha value is -3.15. The molecule has 6 heteroatoms. The SMILES string of the molecule is COc1ccc(-c2cc(C(=O)NCC(C)C)c3cc(F)ccc3n2)c(OC)c1. The Balaban J connectivity index is 2.17. The van der Waals surface area contributed by atoms with Gasteiger partial charge in [0.2, 0.25) is 0 Å². The summed E-state index contributed by atoms with van der Waals surface area (Å²) in [4.78, 5) is 17.4. The number of ether oxygens (including phenoxy) is 2. The van der Waals surface area contributed by atoms with Gasteiger partial charge in [-0.2, -0.15) is 0 Å². The third-order valence-corrected chi connectivity index (χ3v) is 4.37. The van der Waals surface area contributed by atoms with Crippen molar-refractivity contribution >= 4 is 16.8 Å². The lowest BCUT2D eigenvalue weighted by atomic mass is 10.0. The van der Waals surface area contributed by atoms with Gasteiger partial charge in [-0.25, -0.2) is 9.37 Å². The summed E-state index contributed by atoms with van der Waals surface area (Å²) in [6.07, 6.45) is 0. The molecule has 5 nitrogen and oxygen atoms in total. The Morgan fingerprint density at radius 2 is 1.89 bits per heavy atom. The Morgan fingerprint density at radius 1 is 1.11 bits per heavy atom. The van der Waals surface area contributed by atoms with Crippen molar-refractivity contribution in [1.82, 2.24) is 10.3 Å². The number of carbonyl (C=O) groups excluding carboxylic acids is 1. The van der Waals surface area contributed by atoms with E-state index in [-0.39, 0.29) is 5.91 Å². The Kier molecular flexibility index (Phi) is 5.78. The topological polar surface area (TPSA) is 60.5 Å². The number of amides is 1. The molecule has 28 heavy (non-hydrogen) atoms. The molecule has 0 unspecified atom stereocenters. The highest BCUT2D eigenvalue weighted by molar-refractivity contribution is 6.07. The lowest BCUT2D eigenvalue weighted by molar-refractivity contribution is 0.0950. The molecule has 0 spiro atoms. The predicted octanol–water partition coefficient (Wildman–Crippen LogP) is 4.44. The highest BCUT2D eigenvalue weighted by Gasteiger charge is 2.17. The summed E-state index contributed by atoms with van der Waals surface area (Å²) in [6, 6.07) is 11.3. The van der Waals surface area contributed by atoms with Crippen LogP contribution in [-0.2, 0) is 0 Å². The molecular formula is C22H23FN2O3. The molecule has 0 aliphatic heterocycles. The van der Waals surface area contributed by atoms with Crippen LogP contribution in [0, 0.1) is 11.7 Å². The maximum absolute atomic E-state index is 13.8. The summed E-state index contributed by atoms with van der Waals surface area (Å²) in [6.45, 7) is 4.55. The van der Waals surface area contributed by atoms with Gasteiger partial charge in [0, 0.05) is 23.6 Å². The summed E-state index contributed by atoms with van der Waals surface area (Å²) in [5, 5.41) is 3.37. The molecule has 0 radical (unpaired) electrons. The van der Waals surface area contributed by atoms with Crippen molar-refractivity contribution in [3.05, 3.63) is 53.8 Å². The average Bonchev–Trinajstić information content (AvgIpc) is 2.70. The summed E-state index contributed by atoms with van der Waals surface area (Å²) in [5.74, 6) is 0.845. The number of nitrogens with zero attached hydrogens (tertiary/aromatic N) is 1. The molecular weight excluding hydrogens is 359 g/mol. The minimum absolute atomic E-state index is 0.263. The molecule has 1 amide bonds. The zero-order valence-corrected chi connectivity index (χ0v) is 16.4. The third-order valence-electron chi connectivity index (χ3n) is 4.37. The molecule has 1 aromatic heterocycles. The molecule has 0 bridgehead atoms. The van der Waals surface area contributed by atoms with Crippen LogP contribution in [0.1, 0.15) is 24.2 Å². The van der Waals surface area contributed by atoms with Crippen LogP contribution in [-0.4, -0.2) is 31.7 Å². The second-order valence-corrected chi connectivity index (χ2v) is 6.89. The molecule has 2 aromatic carbocycles. The molecule has 3 rings (SSSR count). The summed E-state index contributed by atoms with van der Waals surface area (Å²) in [5.41, 5.74) is 2.19. The first-order valence-corrected chi connectivity index (χ1v) is 9.03. The van der Waals surface area contributed by atoms with Gasteiger partial charge >= 0.3 is 0 Å². The standard InChI is InChI=1S/C22H23FN2O3/c1-13(2)12-24-22(26)18-11-20(25-19-8-5-14(23)9-17(18)19)16-7-6-15(27-3)10-21(16)28-4/h5-11,13H,12H2,1-4H3,(H,24,26). The van der Waals surface area contributed by atoms with Gasteiger partial charge in [-0.1, -0.05) is 13.8 Å². The predicted molar refractivity (Wildman–Crippen MR) is 107 cm³/mol. The number of aromatic nitrogens is 1. The van der Waals surface area contributed by atoms with Gasteiger partial charge in [0.1, 0.15) is 17.3 Å². The Labute approximate surface area is 163 Å². The lowest BCUT2D eigenvalue weighted by Crippen LogP contribution is -2.27. The largest absolute Gasteiger partial charge is 0.497 e. The normalized spacial score (nSPS) is 10.9. The second kappa shape index (κ2) is 8.25. The number of nitrogens with one attached hydrogen (secondary N) is 1. The van der Waals surface area contributed by atoms with Gasteiger partial charge in [0.05, 0.1) is 31.0 Å². The molecule has 0 saturated heterocycles. The number of hydrogen-bond donors (Lipinski definition) is 1. The number of pyridine rings is 1. The summed E-state index contributed by atoms with van der Waals surface area (Å²) in [7, 11) is 3.14. The average molecular weight is 382 g/mol. The Bertz CT molecular complexity index is 1020. The van der Waals surface area contributed by atoms with Crippen molar-refractivity contribution in [3.8, 4) is 22.8 Å². The fraction of sp³-hybridized carbons (Fsp3) is 0.273. The first-order valence-electron chi connectivity index (χ1n) is 9.03. The van der Waals surface area contributed by atoms with E-state index >= 15 is 0 Å². The summed E-state index contributed by atoms with van der Waals surface area (Å²) >= 11 is 0. The zero-order chi connectivity index (χ0) is 20.3. The molecule has 146 valence electrons. The number of carbonyl (C=O) groups is 1. The molecule has 1 N–H and O–H groups in total. The van der Waals surface area contributed by atoms with Gasteiger partial charge in [-0.15, -0.1) is 0 Å². The van der Waals surface area contributed by atoms with Gasteiger partial charge in [0.15, 0.2) is 0 Å². The number of benzene rings is 2. The number of hydrogen-bond acceptors (Lipinski definition) is 4. The molecule has 0 aliphatic carbocycles. The second-order valence-electron chi connectivity index (χ2n) is 6.89. The smallest absolute Gasteiger partial charge is 0.252 e. The van der Waals surface area contributed by atoms with Crippen LogP contribution in [0.25, 0.3) is 22.2 Å². The van der Waals surface area contributed by atoms with Crippen LogP contribution in [0.2, 0.25) is 0 Å². The molecule has 0 atom stereocenters. The fourth-order valence-electron chi connectivity index (χ4n) is 2.93. The van der Waals surface area contributed by atoms with Gasteiger partial charge in [0.25, 0.3) is 5.91 Å². The lowest BCUT2D eigenvalue weighted by Gasteiger charge is -2.14. The van der Waals surface area contributed by atoms with Crippen molar-refractivity contribution < 1.29 is 18.7 Å². The van der Waals surface area contributed by atoms with Gasteiger partial charge < -0.3 is 14.8 Å². The minimum Gasteiger partial charge on any atom is -0.497 e. The van der Waals surface area contributed by atoms with E-state index in [4.69, 9.17) is 9.47 Å². The van der Waals surface area contributed by atoms with E-state index in [9.17, 15) is 9.18 Å². The molecule has 0 aliphatic rings. The van der Waals surface area contributed by atoms with Crippen LogP contribution in [0.15, 0.2) is 42.5 Å². The maximum atomic E-state index is 13.8. The van der Waals surface area contributed by atoms with Gasteiger partial charge in [-0.3, -0.25) is 4.79 Å². The van der Waals surface area contributed by atoms with E-state index in [0.29, 0.717) is 51.7 Å². The highest BCUT2D eigenvalue weighted by atomic mass is 19.1. The molecule has 0 fully saturated rings. The van der Waals surface area contributed by atoms with Crippen LogP contribution >= 0.6 is 0 Å². The van der Waals surface area contributed by atoms with Gasteiger partial charge in [-0.05, 0) is 42.3 Å². The maximum Gasteiger partial charge on any atom is 0.252 e. The number of fused-ring (bicyclic) bond motifs is 1.